The van der Waals surface area contributed by atoms with Crippen LogP contribution in [0.5, 0.6) is 5.75 Å². The molecule has 3 amide bonds. The molecule has 0 aliphatic carbocycles. The first kappa shape index (κ1) is 52.1. The summed E-state index contributed by atoms with van der Waals surface area (Å²) in [4.78, 5) is 95.4. The van der Waals surface area contributed by atoms with E-state index in [1.54, 1.807) is 71.9 Å². The summed E-state index contributed by atoms with van der Waals surface area (Å²) in [5.41, 5.74) is 2.19. The Labute approximate surface area is 367 Å². The smallest absolute Gasteiger partial charge is 0.414 e. The van der Waals surface area contributed by atoms with Crippen LogP contribution in [0.25, 0.3) is 10.9 Å². The van der Waals surface area contributed by atoms with Crippen LogP contribution in [0.15, 0.2) is 83.9 Å². The highest BCUT2D eigenvalue weighted by molar-refractivity contribution is 6.02. The normalized spacial score (nSPS) is 11.1. The van der Waals surface area contributed by atoms with Crippen LogP contribution in [-0.2, 0) is 41.6 Å². The topological polar surface area (TPSA) is 217 Å². The van der Waals surface area contributed by atoms with E-state index in [2.05, 4.69) is 81.4 Å². The second-order valence-electron chi connectivity index (χ2n) is 18.6. The third-order valence-corrected chi connectivity index (χ3v) is 7.72. The minimum atomic E-state index is -0.832. The van der Waals surface area contributed by atoms with Crippen molar-refractivity contribution in [3.8, 4) is 5.75 Å². The zero-order valence-electron chi connectivity index (χ0n) is 38.0. The number of amides is 3. The molecule has 4 aromatic rings. The van der Waals surface area contributed by atoms with E-state index in [9.17, 15) is 19.2 Å². The molecule has 0 spiro atoms. The molecular formula is C47H57N5O11. The number of nitrogens with one attached hydrogen (secondary N) is 2. The maximum atomic E-state index is 14.0. The maximum Gasteiger partial charge on any atom is 0.414 e. The number of ether oxygens (including phenoxy) is 3. The van der Waals surface area contributed by atoms with Crippen molar-refractivity contribution in [3.05, 3.63) is 101 Å². The fourth-order valence-corrected chi connectivity index (χ4v) is 5.75. The fraction of sp³-hybridized carbons (Fsp3) is 0.404. The number of guanidine groups is 1. The second kappa shape index (κ2) is 22.7. The minimum Gasteiger partial charge on any atom is -0.444 e. The molecule has 0 atom stereocenters. The first-order chi connectivity index (χ1) is 29.1. The molecule has 0 bridgehead atoms. The first-order valence-corrected chi connectivity index (χ1v) is 19.8. The van der Waals surface area contributed by atoms with Crippen molar-refractivity contribution in [2.75, 3.05) is 6.54 Å². The largest absolute Gasteiger partial charge is 0.444 e. The molecule has 2 N–H and O–H groups in total. The first-order valence-electron chi connectivity index (χ1n) is 19.8. The summed E-state index contributed by atoms with van der Waals surface area (Å²) in [6.07, 6.45) is -0.226. The molecule has 336 valence electrons. The van der Waals surface area contributed by atoms with E-state index in [0.29, 0.717) is 41.1 Å². The van der Waals surface area contributed by atoms with Gasteiger partial charge >= 0.3 is 30.5 Å². The van der Waals surface area contributed by atoms with Gasteiger partial charge in [0.05, 0.1) is 16.8 Å². The molecule has 0 saturated heterocycles. The highest BCUT2D eigenvalue weighted by Crippen LogP contribution is 2.26. The van der Waals surface area contributed by atoms with Gasteiger partial charge in [-0.2, -0.15) is 19.2 Å². The summed E-state index contributed by atoms with van der Waals surface area (Å²) in [5.74, 6) is -0.713. The lowest BCUT2D eigenvalue weighted by atomic mass is 9.87. The lowest BCUT2D eigenvalue weighted by Crippen LogP contribution is -2.47. The molecule has 16 heteroatoms. The molecule has 0 aliphatic heterocycles. The Balaban J connectivity index is 0.00000215. The second-order valence-corrected chi connectivity index (χ2v) is 18.6. The van der Waals surface area contributed by atoms with Gasteiger partial charge in [0.2, 0.25) is 5.96 Å². The van der Waals surface area contributed by atoms with E-state index in [-0.39, 0.29) is 40.6 Å². The summed E-state index contributed by atoms with van der Waals surface area (Å²) in [7, 11) is 0. The maximum absolute atomic E-state index is 14.0. The number of fused-ring (bicyclic) bond motifs is 1. The molecular weight excluding hydrogens is 811 g/mol. The number of pyridine rings is 1. The molecule has 3 aromatic carbocycles. The van der Waals surface area contributed by atoms with Crippen molar-refractivity contribution in [1.82, 2.24) is 20.5 Å². The van der Waals surface area contributed by atoms with Crippen molar-refractivity contribution in [2.45, 2.75) is 107 Å². The van der Waals surface area contributed by atoms with Crippen molar-refractivity contribution in [2.24, 2.45) is 15.8 Å². The van der Waals surface area contributed by atoms with Crippen LogP contribution in [0.4, 0.5) is 15.3 Å². The molecule has 4 rings (SSSR count). The van der Waals surface area contributed by atoms with Crippen LogP contribution in [0.3, 0.4) is 0 Å². The predicted octanol–water partition coefficient (Wildman–Crippen LogP) is 8.60. The number of nitrogens with zero attached hydrogens (tertiary/aromatic N) is 3. The van der Waals surface area contributed by atoms with Gasteiger partial charge in [-0.15, -0.1) is 0 Å². The summed E-state index contributed by atoms with van der Waals surface area (Å²) < 4.78 is 16.3. The monoisotopic (exact) mass is 867 g/mol. The molecule has 0 unspecified atom stereocenters. The lowest BCUT2D eigenvalue weighted by Gasteiger charge is -2.30. The third kappa shape index (κ3) is 20.4. The molecule has 1 aromatic heterocycles. The molecule has 0 saturated carbocycles. The number of aliphatic imine (C=N–C) groups is 1. The minimum absolute atomic E-state index is 0.136. The van der Waals surface area contributed by atoms with Gasteiger partial charge in [-0.25, -0.2) is 24.4 Å². The number of esters is 1. The van der Waals surface area contributed by atoms with Crippen LogP contribution in [-0.4, -0.2) is 70.0 Å². The average Bonchev–Trinajstić information content (AvgIpc) is 3.12. The Morgan fingerprint density at radius 1 is 0.667 bits per heavy atom. The molecule has 0 fully saturated rings. The zero-order valence-corrected chi connectivity index (χ0v) is 38.0. The van der Waals surface area contributed by atoms with Crippen LogP contribution >= 0.6 is 0 Å². The van der Waals surface area contributed by atoms with Crippen molar-refractivity contribution >= 4 is 58.9 Å². The quantitative estimate of drug-likeness (QED) is 0.0737. The summed E-state index contributed by atoms with van der Waals surface area (Å²) in [6, 6.07) is 23.0. The lowest BCUT2D eigenvalue weighted by molar-refractivity contribution is -0.193. The Hall–Kier alpha value is -7.02. The Kier molecular flexibility index (Phi) is 18.8. The summed E-state index contributed by atoms with van der Waals surface area (Å²) in [5, 5.41) is 5.54. The molecule has 63 heavy (non-hydrogen) atoms. The van der Waals surface area contributed by atoms with Crippen molar-refractivity contribution in [1.29, 1.82) is 0 Å². The number of hydrogen-bond donors (Lipinski definition) is 2. The van der Waals surface area contributed by atoms with Gasteiger partial charge in [0.25, 0.3) is 5.91 Å². The van der Waals surface area contributed by atoms with E-state index >= 15 is 0 Å². The number of rotatable bonds is 8. The molecule has 1 heterocycles. The van der Waals surface area contributed by atoms with E-state index in [1.165, 1.54) is 29.8 Å². The van der Waals surface area contributed by atoms with Crippen LogP contribution in [0.2, 0.25) is 0 Å². The van der Waals surface area contributed by atoms with Crippen LogP contribution in [0, 0.1) is 10.8 Å². The number of alkyl carbamates (subject to hydrolysis) is 2. The standard InChI is InChI=1S/C45H57N5O7.2CO2/c1-42(2,3)26-29-14-13-15-30(24-29)27-50(28-43(4,5)6)37(51)36-22-18-32-25-34(21-23-35(32)47-36)55-38(52)31-16-19-33(20-17-31)46-39(48-40(53)56-44(7,8)9)49-41(54)57-45(10,11)12;2*2-1-3/h13-25H,26-28H2,1-12H3,(H2,46,48,49,53,54);;. The van der Waals surface area contributed by atoms with Crippen molar-refractivity contribution < 1.29 is 52.6 Å². The molecule has 16 nitrogen and oxygen atoms in total. The number of carbonyl (C=O) groups excluding carboxylic acids is 8. The highest BCUT2D eigenvalue weighted by Gasteiger charge is 2.25. The van der Waals surface area contributed by atoms with Gasteiger partial charge in [-0.05, 0) is 118 Å². The van der Waals surface area contributed by atoms with Gasteiger partial charge in [-0.3, -0.25) is 15.4 Å². The van der Waals surface area contributed by atoms with Crippen LogP contribution in [0.1, 0.15) is 115 Å². The highest BCUT2D eigenvalue weighted by atomic mass is 16.6. The Bertz CT molecular complexity index is 2270. The van der Waals surface area contributed by atoms with Crippen LogP contribution < -0.4 is 15.4 Å². The molecule has 0 radical (unpaired) electrons. The Morgan fingerprint density at radius 3 is 1.71 bits per heavy atom. The fourth-order valence-electron chi connectivity index (χ4n) is 5.75. The van der Waals surface area contributed by atoms with Crippen molar-refractivity contribution in [3.63, 3.8) is 0 Å². The van der Waals surface area contributed by atoms with E-state index in [4.69, 9.17) is 38.4 Å². The number of carbonyl (C=O) groups is 4. The van der Waals surface area contributed by atoms with Gasteiger partial charge in [0.15, 0.2) is 0 Å². The SMILES string of the molecule is CC(C)(C)Cc1cccc(CN(CC(C)(C)C)C(=O)c2ccc3cc(OC(=O)c4ccc(N=C(NC(=O)OC(C)(C)C)NC(=O)OC(C)(C)C)cc4)ccc3n2)c1.O=C=O.O=C=O. The number of hydrogen-bond acceptors (Lipinski definition) is 13. The molecule has 0 aliphatic rings. The van der Waals surface area contributed by atoms with E-state index in [0.717, 1.165) is 12.0 Å². The average molecular weight is 868 g/mol. The predicted molar refractivity (Wildman–Crippen MR) is 233 cm³/mol. The van der Waals surface area contributed by atoms with Gasteiger partial charge in [0, 0.05) is 18.5 Å². The zero-order chi connectivity index (χ0) is 47.8. The van der Waals surface area contributed by atoms with Gasteiger partial charge in [-0.1, -0.05) is 71.9 Å². The summed E-state index contributed by atoms with van der Waals surface area (Å²) in [6.45, 7) is 24.2. The Morgan fingerprint density at radius 2 is 1.21 bits per heavy atom. The number of benzene rings is 3. The third-order valence-electron chi connectivity index (χ3n) is 7.72. The van der Waals surface area contributed by atoms with Gasteiger partial charge < -0.3 is 19.1 Å². The number of aromatic nitrogens is 1. The van der Waals surface area contributed by atoms with Gasteiger partial charge in [0.1, 0.15) is 22.6 Å². The van der Waals surface area contributed by atoms with E-state index in [1.807, 2.05) is 4.90 Å². The van der Waals surface area contributed by atoms with E-state index < -0.39 is 29.4 Å². The summed E-state index contributed by atoms with van der Waals surface area (Å²) >= 11 is 0.